The molecule has 22 heavy (non-hydrogen) atoms. The number of hydrazone groups is 1. The van der Waals surface area contributed by atoms with Crippen molar-refractivity contribution in [3.8, 4) is 5.75 Å². The third-order valence-electron chi connectivity index (χ3n) is 2.94. The van der Waals surface area contributed by atoms with Gasteiger partial charge < -0.3 is 5.11 Å². The molecule has 2 aromatic carbocycles. The lowest BCUT2D eigenvalue weighted by molar-refractivity contribution is -0.120. The summed E-state index contributed by atoms with van der Waals surface area (Å²) in [5, 5.41) is 14.0. The third-order valence-corrected chi connectivity index (χ3v) is 3.44. The number of phenolic OH excluding ortho intramolecular Hbond substituents is 1. The second-order valence-corrected chi connectivity index (χ2v) is 5.62. The van der Waals surface area contributed by atoms with Crippen LogP contribution < -0.4 is 5.43 Å². The minimum Gasteiger partial charge on any atom is -0.506 e. The predicted octanol–water partition coefficient (Wildman–Crippen LogP) is 3.70. The zero-order valence-electron chi connectivity index (χ0n) is 11.8. The molecule has 0 aliphatic heterocycles. The van der Waals surface area contributed by atoms with E-state index in [4.69, 9.17) is 23.2 Å². The Morgan fingerprint density at radius 1 is 1.27 bits per heavy atom. The van der Waals surface area contributed by atoms with Crippen molar-refractivity contribution in [2.75, 3.05) is 0 Å². The van der Waals surface area contributed by atoms with Crippen molar-refractivity contribution in [2.24, 2.45) is 5.10 Å². The first-order chi connectivity index (χ1) is 10.5. The highest BCUT2D eigenvalue weighted by Gasteiger charge is 2.06. The van der Waals surface area contributed by atoms with Crippen LogP contribution >= 0.6 is 23.2 Å². The molecular weight excluding hydrogens is 323 g/mol. The van der Waals surface area contributed by atoms with Gasteiger partial charge in [0.15, 0.2) is 0 Å². The zero-order chi connectivity index (χ0) is 16.1. The van der Waals surface area contributed by atoms with E-state index < -0.39 is 0 Å². The highest BCUT2D eigenvalue weighted by Crippen LogP contribution is 2.29. The van der Waals surface area contributed by atoms with Crippen molar-refractivity contribution < 1.29 is 9.90 Å². The van der Waals surface area contributed by atoms with Gasteiger partial charge in [0.1, 0.15) is 5.75 Å². The largest absolute Gasteiger partial charge is 0.506 e. The highest BCUT2D eigenvalue weighted by atomic mass is 35.5. The van der Waals surface area contributed by atoms with Crippen molar-refractivity contribution in [3.63, 3.8) is 0 Å². The van der Waals surface area contributed by atoms with E-state index >= 15 is 0 Å². The number of hydrogen-bond donors (Lipinski definition) is 2. The average molecular weight is 337 g/mol. The van der Waals surface area contributed by atoms with Crippen LogP contribution in [0.4, 0.5) is 0 Å². The molecule has 6 heteroatoms. The number of nitrogens with one attached hydrogen (secondary N) is 1. The Hall–Kier alpha value is -2.04. The standard InChI is InChI=1S/C16H14Cl2N2O2/c1-10-2-4-11(5-3-10)6-15(21)20-19-9-12-7-13(17)8-14(18)16(12)22/h2-5,7-9,22H,6H2,1H3,(H,20,21). The first-order valence-electron chi connectivity index (χ1n) is 6.51. The Bertz CT molecular complexity index is 713. The van der Waals surface area contributed by atoms with E-state index in [0.29, 0.717) is 10.6 Å². The molecule has 4 nitrogen and oxygen atoms in total. The highest BCUT2D eigenvalue weighted by molar-refractivity contribution is 6.36. The first kappa shape index (κ1) is 16.3. The lowest BCUT2D eigenvalue weighted by Gasteiger charge is -2.03. The Morgan fingerprint density at radius 3 is 2.64 bits per heavy atom. The molecule has 0 aromatic heterocycles. The fraction of sp³-hybridized carbons (Fsp3) is 0.125. The molecule has 2 N–H and O–H groups in total. The maximum atomic E-state index is 11.8. The van der Waals surface area contributed by atoms with Crippen molar-refractivity contribution in [1.29, 1.82) is 0 Å². The van der Waals surface area contributed by atoms with Crippen LogP contribution in [-0.4, -0.2) is 17.2 Å². The summed E-state index contributed by atoms with van der Waals surface area (Å²) in [4.78, 5) is 11.8. The molecule has 114 valence electrons. The molecule has 0 atom stereocenters. The maximum absolute atomic E-state index is 11.8. The molecule has 0 fully saturated rings. The summed E-state index contributed by atoms with van der Waals surface area (Å²) >= 11 is 11.6. The fourth-order valence-corrected chi connectivity index (χ4v) is 2.30. The summed E-state index contributed by atoms with van der Waals surface area (Å²) in [7, 11) is 0. The number of carbonyl (C=O) groups excluding carboxylic acids is 1. The SMILES string of the molecule is Cc1ccc(CC(=O)NN=Cc2cc(Cl)cc(Cl)c2O)cc1. The van der Waals surface area contributed by atoms with Crippen LogP contribution in [-0.2, 0) is 11.2 Å². The van der Waals surface area contributed by atoms with Gasteiger partial charge in [-0.15, -0.1) is 0 Å². The zero-order valence-corrected chi connectivity index (χ0v) is 13.3. The van der Waals surface area contributed by atoms with Crippen molar-refractivity contribution in [1.82, 2.24) is 5.43 Å². The van der Waals surface area contributed by atoms with E-state index in [9.17, 15) is 9.90 Å². The molecule has 0 radical (unpaired) electrons. The molecule has 0 unspecified atom stereocenters. The fourth-order valence-electron chi connectivity index (χ4n) is 1.79. The molecule has 2 aromatic rings. The maximum Gasteiger partial charge on any atom is 0.244 e. The van der Waals surface area contributed by atoms with E-state index in [1.165, 1.54) is 18.3 Å². The van der Waals surface area contributed by atoms with Crippen LogP contribution in [0.3, 0.4) is 0 Å². The summed E-state index contributed by atoms with van der Waals surface area (Å²) in [6.07, 6.45) is 1.51. The van der Waals surface area contributed by atoms with Crippen LogP contribution in [0, 0.1) is 6.92 Å². The number of aromatic hydroxyl groups is 1. The summed E-state index contributed by atoms with van der Waals surface area (Å²) < 4.78 is 0. The number of hydrogen-bond acceptors (Lipinski definition) is 3. The molecule has 2 rings (SSSR count). The van der Waals surface area contributed by atoms with E-state index in [-0.39, 0.29) is 23.1 Å². The molecule has 0 spiro atoms. The Labute approximate surface area is 138 Å². The Morgan fingerprint density at radius 2 is 1.95 bits per heavy atom. The van der Waals surface area contributed by atoms with Gasteiger partial charge in [0.25, 0.3) is 0 Å². The van der Waals surface area contributed by atoms with Gasteiger partial charge in [0.05, 0.1) is 17.7 Å². The first-order valence-corrected chi connectivity index (χ1v) is 7.27. The molecule has 0 aliphatic rings. The minimum atomic E-state index is -0.257. The molecule has 0 saturated carbocycles. The van der Waals surface area contributed by atoms with Gasteiger partial charge in [0.2, 0.25) is 5.91 Å². The van der Waals surface area contributed by atoms with E-state index in [1.807, 2.05) is 31.2 Å². The summed E-state index contributed by atoms with van der Waals surface area (Å²) in [6, 6.07) is 10.6. The monoisotopic (exact) mass is 336 g/mol. The van der Waals surface area contributed by atoms with Crippen molar-refractivity contribution in [3.05, 3.63) is 63.1 Å². The van der Waals surface area contributed by atoms with Gasteiger partial charge in [-0.05, 0) is 24.6 Å². The lowest BCUT2D eigenvalue weighted by atomic mass is 10.1. The predicted molar refractivity (Wildman–Crippen MR) is 88.7 cm³/mol. The Kier molecular flexibility index (Phi) is 5.41. The summed E-state index contributed by atoms with van der Waals surface area (Å²) in [6.45, 7) is 1.98. The number of aryl methyl sites for hydroxylation is 1. The van der Waals surface area contributed by atoms with Gasteiger partial charge >= 0.3 is 0 Å². The van der Waals surface area contributed by atoms with Crippen LogP contribution in [0.2, 0.25) is 10.0 Å². The Balaban J connectivity index is 1.97. The number of benzene rings is 2. The normalized spacial score (nSPS) is 10.9. The number of nitrogens with zero attached hydrogens (tertiary/aromatic N) is 1. The number of phenols is 1. The number of halogens is 2. The van der Waals surface area contributed by atoms with Gasteiger partial charge in [0, 0.05) is 10.6 Å². The molecule has 0 aliphatic carbocycles. The van der Waals surface area contributed by atoms with E-state index in [0.717, 1.165) is 11.1 Å². The molecule has 0 saturated heterocycles. The summed E-state index contributed by atoms with van der Waals surface area (Å²) in [5.41, 5.74) is 4.75. The van der Waals surface area contributed by atoms with Gasteiger partial charge in [-0.1, -0.05) is 53.0 Å². The van der Waals surface area contributed by atoms with Gasteiger partial charge in [-0.2, -0.15) is 5.10 Å². The van der Waals surface area contributed by atoms with E-state index in [1.54, 1.807) is 0 Å². The number of carbonyl (C=O) groups is 1. The quantitative estimate of drug-likeness (QED) is 0.660. The van der Waals surface area contributed by atoms with Crippen LogP contribution in [0.1, 0.15) is 16.7 Å². The minimum absolute atomic E-state index is 0.125. The van der Waals surface area contributed by atoms with Gasteiger partial charge in [-0.25, -0.2) is 5.43 Å². The molecule has 0 bridgehead atoms. The van der Waals surface area contributed by atoms with E-state index in [2.05, 4.69) is 10.5 Å². The van der Waals surface area contributed by atoms with Crippen LogP contribution in [0.25, 0.3) is 0 Å². The smallest absolute Gasteiger partial charge is 0.244 e. The summed E-state index contributed by atoms with van der Waals surface area (Å²) in [5.74, 6) is -0.393. The lowest BCUT2D eigenvalue weighted by Crippen LogP contribution is -2.19. The average Bonchev–Trinajstić information content (AvgIpc) is 2.46. The van der Waals surface area contributed by atoms with Crippen LogP contribution in [0.5, 0.6) is 5.75 Å². The topological polar surface area (TPSA) is 61.7 Å². The number of rotatable bonds is 4. The molecule has 1 amide bonds. The molecular formula is C16H14Cl2N2O2. The van der Waals surface area contributed by atoms with Crippen molar-refractivity contribution in [2.45, 2.75) is 13.3 Å². The van der Waals surface area contributed by atoms with Crippen molar-refractivity contribution >= 4 is 35.3 Å². The van der Waals surface area contributed by atoms with Crippen LogP contribution in [0.15, 0.2) is 41.5 Å². The third kappa shape index (κ3) is 4.48. The second kappa shape index (κ2) is 7.29. The second-order valence-electron chi connectivity index (χ2n) is 4.78. The van der Waals surface area contributed by atoms with Gasteiger partial charge in [-0.3, -0.25) is 4.79 Å². The number of amides is 1. The molecule has 0 heterocycles.